The van der Waals surface area contributed by atoms with Gasteiger partial charge in [-0.3, -0.25) is 0 Å². The zero-order valence-corrected chi connectivity index (χ0v) is 14.2. The third-order valence-corrected chi connectivity index (χ3v) is 6.00. The summed E-state index contributed by atoms with van der Waals surface area (Å²) in [5.41, 5.74) is 1.19. The molecule has 0 aromatic carbocycles. The van der Waals surface area contributed by atoms with Crippen molar-refractivity contribution in [1.29, 1.82) is 0 Å². The molecule has 19 heavy (non-hydrogen) atoms. The van der Waals surface area contributed by atoms with E-state index in [1.807, 2.05) is 0 Å². The summed E-state index contributed by atoms with van der Waals surface area (Å²) in [5, 5.41) is 0. The van der Waals surface area contributed by atoms with Crippen LogP contribution < -0.4 is 0 Å². The van der Waals surface area contributed by atoms with Crippen molar-refractivity contribution in [3.8, 4) is 0 Å². The fraction of sp³-hybridized carbons (Fsp3) is 1.00. The van der Waals surface area contributed by atoms with Gasteiger partial charge in [-0.15, -0.1) is 0 Å². The molecule has 0 heterocycles. The van der Waals surface area contributed by atoms with Gasteiger partial charge < -0.3 is 0 Å². The second kappa shape index (κ2) is 8.32. The van der Waals surface area contributed by atoms with Crippen LogP contribution in [0, 0.1) is 10.8 Å². The maximum absolute atomic E-state index is 2.56. The van der Waals surface area contributed by atoms with Gasteiger partial charge in [-0.05, 0) is 30.1 Å². The molecule has 0 spiro atoms. The monoisotopic (exact) mass is 266 g/mol. The molecule has 0 heteroatoms. The van der Waals surface area contributed by atoms with Crippen LogP contribution in [-0.4, -0.2) is 0 Å². The predicted molar refractivity (Wildman–Crippen MR) is 87.6 cm³/mol. The Morgan fingerprint density at radius 3 is 1.79 bits per heavy atom. The molecule has 0 aromatic heterocycles. The highest BCUT2D eigenvalue weighted by atomic mass is 14.5. The Hall–Kier alpha value is 0. The number of hydrogen-bond donors (Lipinski definition) is 0. The summed E-state index contributed by atoms with van der Waals surface area (Å²) in [5.74, 6) is 0. The molecule has 0 aliphatic heterocycles. The van der Waals surface area contributed by atoms with Crippen LogP contribution in [-0.2, 0) is 0 Å². The summed E-state index contributed by atoms with van der Waals surface area (Å²) in [4.78, 5) is 0. The van der Waals surface area contributed by atoms with Gasteiger partial charge in [0, 0.05) is 0 Å². The van der Waals surface area contributed by atoms with Crippen LogP contribution in [0.25, 0.3) is 0 Å². The summed E-state index contributed by atoms with van der Waals surface area (Å²) < 4.78 is 0. The van der Waals surface area contributed by atoms with Crippen LogP contribution in [0.15, 0.2) is 0 Å². The maximum Gasteiger partial charge on any atom is -0.0275 e. The van der Waals surface area contributed by atoms with Crippen molar-refractivity contribution in [3.63, 3.8) is 0 Å². The van der Waals surface area contributed by atoms with Gasteiger partial charge >= 0.3 is 0 Å². The van der Waals surface area contributed by atoms with Gasteiger partial charge in [0.2, 0.25) is 0 Å². The van der Waals surface area contributed by atoms with Crippen molar-refractivity contribution in [2.75, 3.05) is 0 Å². The lowest BCUT2D eigenvalue weighted by Crippen LogP contribution is -2.38. The highest BCUT2D eigenvalue weighted by molar-refractivity contribution is 4.92. The molecule has 1 unspecified atom stereocenters. The Bertz CT molecular complexity index is 228. The Labute approximate surface area is 122 Å². The van der Waals surface area contributed by atoms with E-state index in [0.29, 0.717) is 10.8 Å². The smallest absolute Gasteiger partial charge is 0.0275 e. The van der Waals surface area contributed by atoms with E-state index in [9.17, 15) is 0 Å². The normalized spacial score (nSPS) is 26.5. The molecule has 1 aliphatic carbocycles. The molecule has 0 aromatic rings. The van der Waals surface area contributed by atoms with E-state index in [4.69, 9.17) is 0 Å². The van der Waals surface area contributed by atoms with Crippen molar-refractivity contribution in [2.45, 2.75) is 111 Å². The summed E-state index contributed by atoms with van der Waals surface area (Å²) in [7, 11) is 0. The van der Waals surface area contributed by atoms with E-state index in [2.05, 4.69) is 27.7 Å². The highest BCUT2D eigenvalue weighted by Crippen LogP contribution is 2.52. The molecule has 1 saturated carbocycles. The minimum atomic E-state index is 0.576. The van der Waals surface area contributed by atoms with Crippen LogP contribution in [0.5, 0.6) is 0 Å². The van der Waals surface area contributed by atoms with Gasteiger partial charge in [-0.1, -0.05) is 91.9 Å². The Balaban J connectivity index is 2.11. The lowest BCUT2D eigenvalue weighted by Gasteiger charge is -2.48. The number of rotatable bonds is 9. The molecule has 114 valence electrons. The topological polar surface area (TPSA) is 0 Å². The van der Waals surface area contributed by atoms with E-state index in [1.165, 1.54) is 83.5 Å². The molecule has 1 rings (SSSR count). The summed E-state index contributed by atoms with van der Waals surface area (Å²) in [6.45, 7) is 9.88. The van der Waals surface area contributed by atoms with E-state index in [0.717, 1.165) is 0 Å². The first-order valence-corrected chi connectivity index (χ1v) is 9.02. The van der Waals surface area contributed by atoms with Crippen LogP contribution in [0.3, 0.4) is 0 Å². The molecule has 0 radical (unpaired) electrons. The molecule has 0 saturated heterocycles. The molecular formula is C19H38. The molecule has 1 aliphatic rings. The van der Waals surface area contributed by atoms with E-state index < -0.39 is 0 Å². The van der Waals surface area contributed by atoms with Crippen molar-refractivity contribution in [2.24, 2.45) is 10.8 Å². The molecule has 1 fully saturated rings. The van der Waals surface area contributed by atoms with Gasteiger partial charge in [0.15, 0.2) is 0 Å². The van der Waals surface area contributed by atoms with E-state index in [-0.39, 0.29) is 0 Å². The van der Waals surface area contributed by atoms with Gasteiger partial charge in [-0.25, -0.2) is 0 Å². The van der Waals surface area contributed by atoms with Crippen LogP contribution in [0.2, 0.25) is 0 Å². The molecule has 0 N–H and O–H groups in total. The first-order valence-electron chi connectivity index (χ1n) is 9.02. The SMILES string of the molecule is CCCCCCCCCCC1(C)CCCCC1(C)C. The summed E-state index contributed by atoms with van der Waals surface area (Å²) >= 11 is 0. The third kappa shape index (κ3) is 5.48. The number of hydrogen-bond acceptors (Lipinski definition) is 0. The minimum Gasteiger partial charge on any atom is -0.0654 e. The Kier molecular flexibility index (Phi) is 7.47. The van der Waals surface area contributed by atoms with Gasteiger partial charge in [0.25, 0.3) is 0 Å². The van der Waals surface area contributed by atoms with Crippen molar-refractivity contribution in [1.82, 2.24) is 0 Å². The highest BCUT2D eigenvalue weighted by Gasteiger charge is 2.41. The molecule has 0 nitrogen and oxygen atoms in total. The average Bonchev–Trinajstić information content (AvgIpc) is 2.36. The second-order valence-corrected chi connectivity index (χ2v) is 7.88. The number of unbranched alkanes of at least 4 members (excludes halogenated alkanes) is 7. The largest absolute Gasteiger partial charge is 0.0654 e. The quantitative estimate of drug-likeness (QED) is 0.390. The lowest BCUT2D eigenvalue weighted by atomic mass is 9.57. The van der Waals surface area contributed by atoms with E-state index >= 15 is 0 Å². The van der Waals surface area contributed by atoms with Crippen LogP contribution >= 0.6 is 0 Å². The summed E-state index contributed by atoms with van der Waals surface area (Å²) in [6, 6.07) is 0. The summed E-state index contributed by atoms with van der Waals surface area (Å²) in [6.07, 6.45) is 18.9. The average molecular weight is 267 g/mol. The molecule has 1 atom stereocenters. The molecule has 0 amide bonds. The minimum absolute atomic E-state index is 0.576. The first-order chi connectivity index (χ1) is 9.02. The Morgan fingerprint density at radius 2 is 1.21 bits per heavy atom. The lowest BCUT2D eigenvalue weighted by molar-refractivity contribution is 0.0224. The fourth-order valence-corrected chi connectivity index (χ4v) is 3.83. The van der Waals surface area contributed by atoms with Gasteiger partial charge in [0.05, 0.1) is 0 Å². The molecular weight excluding hydrogens is 228 g/mol. The van der Waals surface area contributed by atoms with E-state index in [1.54, 1.807) is 0 Å². The third-order valence-electron chi connectivity index (χ3n) is 6.00. The first kappa shape index (κ1) is 17.1. The fourth-order valence-electron chi connectivity index (χ4n) is 3.83. The second-order valence-electron chi connectivity index (χ2n) is 7.88. The standard InChI is InChI=1S/C19H38/c1-5-6-7-8-9-10-11-12-16-19(4)17-14-13-15-18(19,2)3/h5-17H2,1-4H3. The van der Waals surface area contributed by atoms with Gasteiger partial charge in [-0.2, -0.15) is 0 Å². The molecule has 0 bridgehead atoms. The zero-order chi connectivity index (χ0) is 14.2. The van der Waals surface area contributed by atoms with Crippen molar-refractivity contribution in [3.05, 3.63) is 0 Å². The van der Waals surface area contributed by atoms with Crippen molar-refractivity contribution < 1.29 is 0 Å². The predicted octanol–water partition coefficient (Wildman–Crippen LogP) is 7.12. The van der Waals surface area contributed by atoms with Crippen LogP contribution in [0.1, 0.15) is 111 Å². The van der Waals surface area contributed by atoms with Crippen molar-refractivity contribution >= 4 is 0 Å². The Morgan fingerprint density at radius 1 is 0.684 bits per heavy atom. The van der Waals surface area contributed by atoms with Gasteiger partial charge in [0.1, 0.15) is 0 Å². The van der Waals surface area contributed by atoms with Crippen LogP contribution in [0.4, 0.5) is 0 Å². The zero-order valence-electron chi connectivity index (χ0n) is 14.2. The maximum atomic E-state index is 2.56.